The molecule has 2 aliphatic heterocycles. The number of hydrogen-bond acceptors (Lipinski definition) is 6. The number of aromatic nitrogens is 1. The zero-order valence-electron chi connectivity index (χ0n) is 21.7. The maximum atomic E-state index is 12.9. The topological polar surface area (TPSA) is 97.8 Å². The first-order chi connectivity index (χ1) is 19.0. The van der Waals surface area contributed by atoms with Crippen molar-refractivity contribution in [2.24, 2.45) is 0 Å². The highest BCUT2D eigenvalue weighted by molar-refractivity contribution is 6.01. The van der Waals surface area contributed by atoms with Gasteiger partial charge in [-0.15, -0.1) is 0 Å². The summed E-state index contributed by atoms with van der Waals surface area (Å²) < 4.78 is 11.1. The summed E-state index contributed by atoms with van der Waals surface area (Å²) in [6.45, 7) is 4.78. The lowest BCUT2D eigenvalue weighted by Crippen LogP contribution is -2.49. The number of fused-ring (bicyclic) bond motifs is 1. The number of nitrogens with zero attached hydrogens (tertiary/aromatic N) is 2. The highest BCUT2D eigenvalue weighted by Crippen LogP contribution is 2.29. The third-order valence-electron chi connectivity index (χ3n) is 7.04. The summed E-state index contributed by atoms with van der Waals surface area (Å²) in [5.41, 5.74) is 5.21. The highest BCUT2D eigenvalue weighted by Gasteiger charge is 2.38. The second kappa shape index (κ2) is 12.0. The van der Waals surface area contributed by atoms with Crippen molar-refractivity contribution in [3.8, 4) is 5.75 Å². The van der Waals surface area contributed by atoms with Gasteiger partial charge in [-0.1, -0.05) is 43.0 Å². The van der Waals surface area contributed by atoms with Gasteiger partial charge in [0.15, 0.2) is 6.79 Å². The van der Waals surface area contributed by atoms with Gasteiger partial charge in [0.2, 0.25) is 5.91 Å². The number of piperidine rings is 1. The normalized spacial score (nSPS) is 16.7. The van der Waals surface area contributed by atoms with Crippen LogP contribution in [-0.2, 0) is 40.3 Å². The number of ether oxygens (including phenoxy) is 2. The lowest BCUT2D eigenvalue weighted by atomic mass is 9.99. The van der Waals surface area contributed by atoms with Gasteiger partial charge in [0.05, 0.1) is 6.61 Å². The van der Waals surface area contributed by atoms with Crippen LogP contribution in [0.25, 0.3) is 0 Å². The molecule has 2 amide bonds. The number of pyridine rings is 1. The van der Waals surface area contributed by atoms with Gasteiger partial charge in [0.1, 0.15) is 17.6 Å². The average Bonchev–Trinajstić information content (AvgIpc) is 3.26. The van der Waals surface area contributed by atoms with Crippen LogP contribution in [0.2, 0.25) is 0 Å². The maximum absolute atomic E-state index is 12.9. The summed E-state index contributed by atoms with van der Waals surface area (Å²) >= 11 is 0. The first kappa shape index (κ1) is 26.3. The van der Waals surface area contributed by atoms with E-state index in [1.807, 2.05) is 42.5 Å². The summed E-state index contributed by atoms with van der Waals surface area (Å²) in [5.74, 6) is 0.570. The lowest BCUT2D eigenvalue weighted by Gasteiger charge is -2.30. The van der Waals surface area contributed by atoms with E-state index in [1.54, 1.807) is 29.4 Å². The Morgan fingerprint density at radius 1 is 1.03 bits per heavy atom. The maximum Gasteiger partial charge on any atom is 0.255 e. The number of carbonyl (C=O) groups is 3. The fourth-order valence-corrected chi connectivity index (χ4v) is 4.92. The van der Waals surface area contributed by atoms with Gasteiger partial charge in [-0.2, -0.15) is 0 Å². The number of nitrogens with one attached hydrogen (secondary N) is 1. The number of allylic oxidation sites excluding steroid dienone is 1. The molecule has 5 rings (SSSR count). The molecular weight excluding hydrogens is 494 g/mol. The second-order valence-electron chi connectivity index (χ2n) is 9.90. The monoisotopic (exact) mass is 525 g/mol. The van der Waals surface area contributed by atoms with Gasteiger partial charge < -0.3 is 19.7 Å². The van der Waals surface area contributed by atoms with Crippen LogP contribution >= 0.6 is 0 Å². The minimum Gasteiger partial charge on any atom is -0.467 e. The molecule has 200 valence electrons. The Morgan fingerprint density at radius 2 is 1.77 bits per heavy atom. The van der Waals surface area contributed by atoms with Crippen molar-refractivity contribution in [1.82, 2.24) is 15.2 Å². The smallest absolute Gasteiger partial charge is 0.255 e. The molecule has 39 heavy (non-hydrogen) atoms. The van der Waals surface area contributed by atoms with Crippen LogP contribution in [0, 0.1) is 0 Å². The molecule has 2 aromatic carbocycles. The first-order valence-electron chi connectivity index (χ1n) is 13.1. The van der Waals surface area contributed by atoms with E-state index in [9.17, 15) is 14.4 Å². The fraction of sp³-hybridized carbons (Fsp3) is 0.290. The minimum atomic E-state index is -0.473. The first-order valence-corrected chi connectivity index (χ1v) is 13.1. The molecule has 0 aliphatic carbocycles. The van der Waals surface area contributed by atoms with Gasteiger partial charge in [-0.25, -0.2) is 0 Å². The van der Waals surface area contributed by atoms with Crippen molar-refractivity contribution in [3.63, 3.8) is 0 Å². The summed E-state index contributed by atoms with van der Waals surface area (Å²) in [4.78, 5) is 43.6. The Morgan fingerprint density at radius 3 is 2.54 bits per heavy atom. The number of amides is 2. The number of benzene rings is 2. The van der Waals surface area contributed by atoms with Gasteiger partial charge in [-0.05, 0) is 59.7 Å². The Kier molecular flexibility index (Phi) is 8.13. The molecular formula is C31H31N3O5. The van der Waals surface area contributed by atoms with Crippen LogP contribution in [0.4, 0.5) is 0 Å². The van der Waals surface area contributed by atoms with E-state index in [0.29, 0.717) is 62.3 Å². The standard InChI is InChI=1S/C31H31N3O5/c1-21-2-11-29(30(36)33-21)34-18-25-16-22(8-10-28(25)31(34)37)7-9-26(35)17-23-3-5-24(6-4-23)19-38-20-39-27-12-14-32-15-13-27/h3-6,8,10,12-16,29H,1-2,7,9,11,17-20H2,(H,33,36). The Bertz CT molecular complexity index is 1370. The molecule has 1 unspecified atom stereocenters. The molecule has 1 atom stereocenters. The van der Waals surface area contributed by atoms with Crippen LogP contribution in [0.3, 0.4) is 0 Å². The minimum absolute atomic E-state index is 0.115. The van der Waals surface area contributed by atoms with Crippen molar-refractivity contribution in [3.05, 3.63) is 107 Å². The van der Waals surface area contributed by atoms with Crippen LogP contribution in [0.5, 0.6) is 5.75 Å². The molecule has 0 radical (unpaired) electrons. The van der Waals surface area contributed by atoms with Gasteiger partial charge in [-0.3, -0.25) is 19.4 Å². The number of ketones is 1. The molecule has 3 heterocycles. The van der Waals surface area contributed by atoms with Crippen molar-refractivity contribution in [1.29, 1.82) is 0 Å². The quantitative estimate of drug-likeness (QED) is 0.299. The number of hydrogen-bond donors (Lipinski definition) is 1. The molecule has 8 nitrogen and oxygen atoms in total. The van der Waals surface area contributed by atoms with E-state index in [1.165, 1.54) is 0 Å². The largest absolute Gasteiger partial charge is 0.467 e. The Hall–Kier alpha value is -4.30. The Labute approximate surface area is 227 Å². The summed E-state index contributed by atoms with van der Waals surface area (Å²) in [7, 11) is 0. The van der Waals surface area contributed by atoms with E-state index >= 15 is 0 Å². The van der Waals surface area contributed by atoms with Crippen molar-refractivity contribution < 1.29 is 23.9 Å². The van der Waals surface area contributed by atoms with Crippen molar-refractivity contribution in [2.75, 3.05) is 6.79 Å². The number of rotatable bonds is 11. The summed E-state index contributed by atoms with van der Waals surface area (Å²) in [6, 6.07) is 16.6. The molecule has 3 aromatic rings. The van der Waals surface area contributed by atoms with E-state index < -0.39 is 6.04 Å². The zero-order chi connectivity index (χ0) is 27.2. The SMILES string of the molecule is C=C1CCC(N2Cc3cc(CCC(=O)Cc4ccc(COCOc5ccncc5)cc4)ccc3C2=O)C(=O)N1. The van der Waals surface area contributed by atoms with E-state index in [4.69, 9.17) is 9.47 Å². The van der Waals surface area contributed by atoms with Crippen LogP contribution in [-0.4, -0.2) is 40.3 Å². The highest BCUT2D eigenvalue weighted by atomic mass is 16.7. The zero-order valence-corrected chi connectivity index (χ0v) is 21.7. The van der Waals surface area contributed by atoms with Crippen LogP contribution < -0.4 is 10.1 Å². The molecule has 0 spiro atoms. The lowest BCUT2D eigenvalue weighted by molar-refractivity contribution is -0.126. The summed E-state index contributed by atoms with van der Waals surface area (Å²) in [6.07, 6.45) is 5.96. The second-order valence-corrected chi connectivity index (χ2v) is 9.90. The number of carbonyl (C=O) groups excluding carboxylic acids is 3. The molecule has 1 saturated heterocycles. The summed E-state index contributed by atoms with van der Waals surface area (Å²) in [5, 5.41) is 2.76. The van der Waals surface area contributed by atoms with Gasteiger partial charge in [0.25, 0.3) is 5.91 Å². The van der Waals surface area contributed by atoms with Crippen LogP contribution in [0.1, 0.15) is 51.9 Å². The number of Topliss-reactive ketones (excluding diaryl/α,β-unsaturated/α-hetero) is 1. The molecule has 1 N–H and O–H groups in total. The molecule has 1 fully saturated rings. The predicted molar refractivity (Wildman–Crippen MR) is 145 cm³/mol. The molecule has 8 heteroatoms. The van der Waals surface area contributed by atoms with E-state index in [-0.39, 0.29) is 24.4 Å². The fourth-order valence-electron chi connectivity index (χ4n) is 4.92. The molecule has 1 aromatic heterocycles. The van der Waals surface area contributed by atoms with Crippen molar-refractivity contribution >= 4 is 17.6 Å². The average molecular weight is 526 g/mol. The van der Waals surface area contributed by atoms with E-state index in [0.717, 1.165) is 22.3 Å². The third-order valence-corrected chi connectivity index (χ3v) is 7.04. The molecule has 0 saturated carbocycles. The predicted octanol–water partition coefficient (Wildman–Crippen LogP) is 4.13. The molecule has 0 bridgehead atoms. The third kappa shape index (κ3) is 6.59. The van der Waals surface area contributed by atoms with Crippen molar-refractivity contribution in [2.45, 2.75) is 51.3 Å². The Balaban J connectivity index is 1.07. The van der Waals surface area contributed by atoms with Gasteiger partial charge in [0, 0.05) is 43.0 Å². The number of aryl methyl sites for hydroxylation is 1. The molecule has 2 aliphatic rings. The van der Waals surface area contributed by atoms with E-state index in [2.05, 4.69) is 16.9 Å². The van der Waals surface area contributed by atoms with Gasteiger partial charge >= 0.3 is 0 Å². The van der Waals surface area contributed by atoms with Crippen LogP contribution in [0.15, 0.2) is 79.3 Å².